The van der Waals surface area contributed by atoms with E-state index in [9.17, 15) is 4.79 Å². The third kappa shape index (κ3) is 7.04. The lowest BCUT2D eigenvalue weighted by Crippen LogP contribution is -2.44. The number of nitrogens with zero attached hydrogens (tertiary/aromatic N) is 5. The Hall–Kier alpha value is -4.15. The molecule has 3 heterocycles. The Labute approximate surface area is 229 Å². The van der Waals surface area contributed by atoms with Crippen LogP contribution in [0.5, 0.6) is 5.88 Å². The molecule has 2 saturated heterocycles. The van der Waals surface area contributed by atoms with Crippen LogP contribution in [-0.2, 0) is 16.1 Å². The van der Waals surface area contributed by atoms with Crippen LogP contribution in [0.3, 0.4) is 0 Å². The van der Waals surface area contributed by atoms with Gasteiger partial charge in [-0.25, -0.2) is 4.98 Å². The number of hydrogen-bond donors (Lipinski definition) is 2. The predicted octanol–water partition coefficient (Wildman–Crippen LogP) is 3.51. The highest BCUT2D eigenvalue weighted by Gasteiger charge is 2.19. The summed E-state index contributed by atoms with van der Waals surface area (Å²) in [5.41, 5.74) is 4.53. The second-order valence-electron chi connectivity index (χ2n) is 9.63. The van der Waals surface area contributed by atoms with Crippen LogP contribution in [0.15, 0.2) is 67.4 Å². The van der Waals surface area contributed by atoms with Crippen molar-refractivity contribution < 1.29 is 14.3 Å². The number of likely N-dealkylation sites (N-methyl/N-ethyl adjacent to an activating group) is 1. The first kappa shape index (κ1) is 26.5. The number of ether oxygens (including phenoxy) is 2. The molecule has 39 heavy (non-hydrogen) atoms. The van der Waals surface area contributed by atoms with E-state index >= 15 is 0 Å². The molecule has 204 valence electrons. The largest absolute Gasteiger partial charge is 0.471 e. The van der Waals surface area contributed by atoms with Crippen LogP contribution < -0.4 is 25.2 Å². The van der Waals surface area contributed by atoms with Crippen LogP contribution in [0.2, 0.25) is 0 Å². The zero-order valence-corrected chi connectivity index (χ0v) is 22.3. The molecule has 0 bridgehead atoms. The van der Waals surface area contributed by atoms with Crippen molar-refractivity contribution in [2.75, 3.05) is 80.0 Å². The lowest BCUT2D eigenvalue weighted by atomic mass is 10.2. The van der Waals surface area contributed by atoms with Gasteiger partial charge in [0.15, 0.2) is 0 Å². The average Bonchev–Trinajstić information content (AvgIpc) is 2.98. The molecule has 5 rings (SSSR count). The van der Waals surface area contributed by atoms with Crippen LogP contribution in [0.1, 0.15) is 5.56 Å². The summed E-state index contributed by atoms with van der Waals surface area (Å²) in [4.78, 5) is 27.9. The fraction of sp³-hybridized carbons (Fsp3) is 0.345. The fourth-order valence-corrected chi connectivity index (χ4v) is 4.58. The summed E-state index contributed by atoms with van der Waals surface area (Å²) in [5.74, 6) is 0.691. The number of aromatic nitrogens is 2. The number of amides is 1. The highest BCUT2D eigenvalue weighted by atomic mass is 16.5. The number of carbonyl (C=O) groups excluding carboxylic acids is 1. The third-order valence-corrected chi connectivity index (χ3v) is 6.83. The van der Waals surface area contributed by atoms with Gasteiger partial charge in [0.2, 0.25) is 17.7 Å². The molecule has 0 unspecified atom stereocenters. The van der Waals surface area contributed by atoms with E-state index in [0.29, 0.717) is 30.7 Å². The molecule has 1 amide bonds. The second kappa shape index (κ2) is 12.6. The minimum Gasteiger partial charge on any atom is -0.471 e. The van der Waals surface area contributed by atoms with E-state index in [1.807, 2.05) is 24.3 Å². The van der Waals surface area contributed by atoms with Crippen LogP contribution in [0.4, 0.5) is 28.7 Å². The van der Waals surface area contributed by atoms with Crippen LogP contribution in [-0.4, -0.2) is 80.3 Å². The quantitative estimate of drug-likeness (QED) is 0.404. The number of morpholine rings is 1. The van der Waals surface area contributed by atoms with Gasteiger partial charge >= 0.3 is 0 Å². The summed E-state index contributed by atoms with van der Waals surface area (Å²) in [7, 11) is 2.16. The molecule has 2 N–H and O–H groups in total. The lowest BCUT2D eigenvalue weighted by molar-refractivity contribution is -0.111. The van der Waals surface area contributed by atoms with Gasteiger partial charge in [0.1, 0.15) is 12.3 Å². The van der Waals surface area contributed by atoms with Gasteiger partial charge in [-0.15, -0.1) is 0 Å². The van der Waals surface area contributed by atoms with Crippen molar-refractivity contribution in [3.8, 4) is 5.88 Å². The molecule has 0 saturated carbocycles. The molecular formula is C29H35N7O3. The summed E-state index contributed by atoms with van der Waals surface area (Å²) >= 11 is 0. The number of anilines is 5. The molecule has 2 aliphatic heterocycles. The summed E-state index contributed by atoms with van der Waals surface area (Å²) in [6, 6.07) is 15.9. The summed E-state index contributed by atoms with van der Waals surface area (Å²) < 4.78 is 11.8. The van der Waals surface area contributed by atoms with Crippen molar-refractivity contribution in [2.45, 2.75) is 6.61 Å². The summed E-state index contributed by atoms with van der Waals surface area (Å²) in [5, 5.41) is 6.10. The van der Waals surface area contributed by atoms with Crippen molar-refractivity contribution in [3.63, 3.8) is 0 Å². The van der Waals surface area contributed by atoms with Gasteiger partial charge < -0.3 is 34.8 Å². The van der Waals surface area contributed by atoms with Crippen LogP contribution in [0, 0.1) is 0 Å². The maximum Gasteiger partial charge on any atom is 0.247 e. The van der Waals surface area contributed by atoms with E-state index < -0.39 is 0 Å². The van der Waals surface area contributed by atoms with E-state index in [4.69, 9.17) is 14.5 Å². The van der Waals surface area contributed by atoms with E-state index in [-0.39, 0.29) is 12.5 Å². The molecule has 10 nitrogen and oxygen atoms in total. The Morgan fingerprint density at radius 3 is 2.54 bits per heavy atom. The number of piperazine rings is 1. The second-order valence-corrected chi connectivity index (χ2v) is 9.63. The molecular weight excluding hydrogens is 494 g/mol. The number of hydrogen-bond acceptors (Lipinski definition) is 9. The lowest BCUT2D eigenvalue weighted by Gasteiger charge is -2.34. The monoisotopic (exact) mass is 529 g/mol. The van der Waals surface area contributed by atoms with Crippen molar-refractivity contribution in [1.82, 2.24) is 14.9 Å². The van der Waals surface area contributed by atoms with Crippen molar-refractivity contribution in [1.29, 1.82) is 0 Å². The number of benzene rings is 2. The minimum atomic E-state index is -0.259. The van der Waals surface area contributed by atoms with Crippen molar-refractivity contribution in [2.24, 2.45) is 0 Å². The average molecular weight is 530 g/mol. The normalized spacial score (nSPS) is 16.0. The van der Waals surface area contributed by atoms with Gasteiger partial charge in [-0.3, -0.25) is 4.79 Å². The van der Waals surface area contributed by atoms with Gasteiger partial charge in [0.05, 0.1) is 19.4 Å². The first-order valence-corrected chi connectivity index (χ1v) is 13.2. The molecule has 0 spiro atoms. The standard InChI is InChI=1S/C29H35N7O3/c1-3-27(37)31-24-6-4-5-22(19-24)21-39-28-26(36-15-17-38-18-16-36)20-30-29(33-28)32-23-7-9-25(10-8-23)35-13-11-34(2)12-14-35/h3-10,19-20H,1,11-18,21H2,2H3,(H,31,37)(H,30,32,33). The molecule has 10 heteroatoms. The molecule has 0 aliphatic carbocycles. The van der Waals surface area contributed by atoms with Gasteiger partial charge in [-0.2, -0.15) is 4.98 Å². The van der Waals surface area contributed by atoms with E-state index in [1.165, 1.54) is 11.8 Å². The zero-order chi connectivity index (χ0) is 27.0. The van der Waals surface area contributed by atoms with E-state index in [2.05, 4.69) is 68.2 Å². The van der Waals surface area contributed by atoms with Gasteiger partial charge in [0, 0.05) is 56.3 Å². The molecule has 3 aromatic rings. The molecule has 0 radical (unpaired) electrons. The van der Waals surface area contributed by atoms with Crippen molar-refractivity contribution in [3.05, 3.63) is 72.9 Å². The predicted molar refractivity (Wildman–Crippen MR) is 154 cm³/mol. The molecule has 2 aliphatic rings. The smallest absolute Gasteiger partial charge is 0.247 e. The fourth-order valence-electron chi connectivity index (χ4n) is 4.58. The number of carbonyl (C=O) groups is 1. The van der Waals surface area contributed by atoms with E-state index in [1.54, 1.807) is 6.20 Å². The summed E-state index contributed by atoms with van der Waals surface area (Å²) in [6.45, 7) is 10.7. The van der Waals surface area contributed by atoms with Crippen LogP contribution in [0.25, 0.3) is 0 Å². The summed E-state index contributed by atoms with van der Waals surface area (Å²) in [6.07, 6.45) is 3.04. The Kier molecular flexibility index (Phi) is 8.55. The van der Waals surface area contributed by atoms with Gasteiger partial charge in [-0.1, -0.05) is 18.7 Å². The van der Waals surface area contributed by atoms with Crippen molar-refractivity contribution >= 4 is 34.6 Å². The molecule has 1 aromatic heterocycles. The Morgan fingerprint density at radius 2 is 1.79 bits per heavy atom. The molecule has 2 fully saturated rings. The number of rotatable bonds is 9. The maximum absolute atomic E-state index is 11.7. The molecule has 0 atom stereocenters. The highest BCUT2D eigenvalue weighted by molar-refractivity contribution is 5.98. The van der Waals surface area contributed by atoms with Gasteiger partial charge in [0.25, 0.3) is 0 Å². The third-order valence-electron chi connectivity index (χ3n) is 6.83. The molecule has 2 aromatic carbocycles. The Morgan fingerprint density at radius 1 is 1.03 bits per heavy atom. The zero-order valence-electron chi connectivity index (χ0n) is 22.3. The van der Waals surface area contributed by atoms with Gasteiger partial charge in [-0.05, 0) is 55.1 Å². The maximum atomic E-state index is 11.7. The van der Waals surface area contributed by atoms with Crippen LogP contribution >= 0.6 is 0 Å². The topological polar surface area (TPSA) is 95.1 Å². The SMILES string of the molecule is C=CC(=O)Nc1cccc(COc2nc(Nc3ccc(N4CCN(C)CC4)cc3)ncc2N2CCOCC2)c1. The Bertz CT molecular complexity index is 1270. The minimum absolute atomic E-state index is 0.259. The first-order valence-electron chi connectivity index (χ1n) is 13.2. The Balaban J connectivity index is 1.30. The highest BCUT2D eigenvalue weighted by Crippen LogP contribution is 2.30. The first-order chi connectivity index (χ1) is 19.1. The number of nitrogens with one attached hydrogen (secondary N) is 2. The van der Waals surface area contributed by atoms with E-state index in [0.717, 1.165) is 56.2 Å².